The van der Waals surface area contributed by atoms with Crippen LogP contribution in [0.4, 0.5) is 4.79 Å². The number of amides is 2. The van der Waals surface area contributed by atoms with E-state index in [9.17, 15) is 20.1 Å². The molecule has 5 N–H and O–H groups in total. The van der Waals surface area contributed by atoms with Gasteiger partial charge in [-0.25, -0.2) is 4.79 Å². The van der Waals surface area contributed by atoms with E-state index in [1.54, 1.807) is 4.57 Å². The molecule has 1 saturated carbocycles. The molecule has 1 aliphatic carbocycles. The average Bonchev–Trinajstić information content (AvgIpc) is 3.68. The monoisotopic (exact) mass is 547 g/mol. The number of carbonyl (C=O) groups is 1. The van der Waals surface area contributed by atoms with Crippen molar-refractivity contribution in [2.24, 2.45) is 0 Å². The normalized spacial score (nSPS) is 25.8. The van der Waals surface area contributed by atoms with Crippen LogP contribution in [-0.2, 0) is 11.2 Å². The van der Waals surface area contributed by atoms with Gasteiger partial charge >= 0.3 is 6.03 Å². The zero-order chi connectivity index (χ0) is 26.1. The molecule has 0 bridgehead atoms. The lowest BCUT2D eigenvalue weighted by atomic mass is 9.97. The highest BCUT2D eigenvalue weighted by Crippen LogP contribution is 2.40. The molecule has 2 heterocycles. The van der Waals surface area contributed by atoms with Crippen LogP contribution in [0.3, 0.4) is 0 Å². The number of nitrogens with one attached hydrogen (secondary N) is 2. The zero-order valence-electron chi connectivity index (χ0n) is 20.2. The van der Waals surface area contributed by atoms with Crippen molar-refractivity contribution in [3.05, 3.63) is 70.4 Å². The number of urea groups is 1. The van der Waals surface area contributed by atoms with E-state index >= 15 is 0 Å². The van der Waals surface area contributed by atoms with Crippen LogP contribution in [0.5, 0.6) is 0 Å². The summed E-state index contributed by atoms with van der Waals surface area (Å²) in [5.74, 6) is 0.949. The van der Waals surface area contributed by atoms with Crippen molar-refractivity contribution in [1.82, 2.24) is 15.2 Å². The van der Waals surface area contributed by atoms with Crippen LogP contribution in [0.25, 0.3) is 10.9 Å². The summed E-state index contributed by atoms with van der Waals surface area (Å²) in [6.07, 6.45) is -1.25. The van der Waals surface area contributed by atoms with Gasteiger partial charge in [0.05, 0.1) is 10.5 Å². The molecule has 1 aliphatic heterocycles. The molecule has 2 fully saturated rings. The summed E-state index contributed by atoms with van der Waals surface area (Å²) in [4.78, 5) is 11.9. The van der Waals surface area contributed by atoms with Gasteiger partial charge in [-0.2, -0.15) is 0 Å². The maximum absolute atomic E-state index is 11.9. The number of aliphatic hydroxyl groups is 3. The van der Waals surface area contributed by atoms with Crippen LogP contribution >= 0.6 is 23.2 Å². The van der Waals surface area contributed by atoms with Gasteiger partial charge < -0.3 is 35.3 Å². The number of benzene rings is 2. The molecular weight excluding hydrogens is 517 g/mol. The van der Waals surface area contributed by atoms with E-state index in [1.807, 2.05) is 24.4 Å². The lowest BCUT2D eigenvalue weighted by Crippen LogP contribution is -2.58. The first-order valence-electron chi connectivity index (χ1n) is 12.5. The minimum Gasteiger partial charge on any atom is -0.388 e. The summed E-state index contributed by atoms with van der Waals surface area (Å²) in [5.41, 5.74) is 4.18. The molecule has 1 saturated heterocycles. The van der Waals surface area contributed by atoms with Crippen molar-refractivity contribution in [1.29, 1.82) is 0 Å². The Balaban J connectivity index is 1.42. The van der Waals surface area contributed by atoms with Crippen molar-refractivity contribution in [3.8, 4) is 0 Å². The van der Waals surface area contributed by atoms with Gasteiger partial charge in [0.25, 0.3) is 0 Å². The first-order chi connectivity index (χ1) is 17.9. The quantitative estimate of drug-likeness (QED) is 0.277. The fraction of sp³-hybridized carbons (Fsp3) is 0.444. The molecule has 0 spiro atoms. The number of hydrogen-bond donors (Lipinski definition) is 5. The van der Waals surface area contributed by atoms with E-state index < -0.39 is 36.7 Å². The number of carbonyl (C=O) groups excluding carboxylic acids is 1. The number of alkyl halides is 1. The topological polar surface area (TPSA) is 116 Å². The first-order valence-corrected chi connectivity index (χ1v) is 13.4. The molecule has 5 rings (SSSR count). The van der Waals surface area contributed by atoms with Gasteiger partial charge in [-0.1, -0.05) is 41.9 Å². The van der Waals surface area contributed by atoms with Crippen molar-refractivity contribution < 1.29 is 24.9 Å². The number of aromatic nitrogens is 1. The Morgan fingerprint density at radius 3 is 2.49 bits per heavy atom. The summed E-state index contributed by atoms with van der Waals surface area (Å²) in [5, 5.41) is 38.6. The molecule has 8 nitrogen and oxygen atoms in total. The second-order valence-electron chi connectivity index (χ2n) is 9.75. The van der Waals surface area contributed by atoms with Crippen molar-refractivity contribution in [2.45, 2.75) is 55.8 Å². The molecule has 37 heavy (non-hydrogen) atoms. The highest BCUT2D eigenvalue weighted by Gasteiger charge is 2.45. The Labute approximate surface area is 225 Å². The van der Waals surface area contributed by atoms with Crippen molar-refractivity contribution >= 4 is 40.1 Å². The van der Waals surface area contributed by atoms with Crippen LogP contribution in [0.15, 0.2) is 48.7 Å². The SMILES string of the molecule is O=C(NCCCl)NC[C@H]1O[C@@H](n2cc(Cc3ccc(C4CC4)cc3)c3c(Cl)cccc32)[C@H](O)[C@@H](O)[C@@H]1O. The standard InChI is InChI=1S/C27H31Cl2N3O5/c28-10-11-30-27(36)31-13-21-23(33)24(34)25(35)26(37-21)32-14-18(22-19(29)2-1-3-20(22)32)12-15-4-6-16(7-5-15)17-8-9-17/h1-7,14,17,21,23-26,33-35H,8-13H2,(H2,30,31,36)/t21-,23-,24+,25-,26-/m1/s1. The van der Waals surface area contributed by atoms with E-state index in [4.69, 9.17) is 27.9 Å². The van der Waals surface area contributed by atoms with Crippen LogP contribution in [-0.4, -0.2) is 69.3 Å². The summed E-state index contributed by atoms with van der Waals surface area (Å²) in [6.45, 7) is 0.212. The van der Waals surface area contributed by atoms with Crippen LogP contribution in [0.2, 0.25) is 5.02 Å². The third kappa shape index (κ3) is 5.60. The molecule has 0 radical (unpaired) electrons. The number of rotatable bonds is 8. The maximum atomic E-state index is 11.9. The predicted octanol–water partition coefficient (Wildman–Crippen LogP) is 3.28. The zero-order valence-corrected chi connectivity index (χ0v) is 21.7. The molecule has 1 aromatic heterocycles. The van der Waals surface area contributed by atoms with Gasteiger partial charge in [0.1, 0.15) is 24.4 Å². The molecule has 2 aliphatic rings. The maximum Gasteiger partial charge on any atom is 0.314 e. The predicted molar refractivity (Wildman–Crippen MR) is 142 cm³/mol. The Morgan fingerprint density at radius 2 is 1.78 bits per heavy atom. The Bertz CT molecular complexity index is 1250. The molecular formula is C27H31Cl2N3O5. The molecule has 5 atom stereocenters. The van der Waals surface area contributed by atoms with Crippen molar-refractivity contribution in [2.75, 3.05) is 19.0 Å². The van der Waals surface area contributed by atoms with Crippen molar-refractivity contribution in [3.63, 3.8) is 0 Å². The summed E-state index contributed by atoms with van der Waals surface area (Å²) >= 11 is 12.2. The Morgan fingerprint density at radius 1 is 1.03 bits per heavy atom. The fourth-order valence-electron chi connectivity index (χ4n) is 4.98. The minimum atomic E-state index is -1.48. The third-order valence-electron chi connectivity index (χ3n) is 7.11. The lowest BCUT2D eigenvalue weighted by molar-refractivity contribution is -0.241. The summed E-state index contributed by atoms with van der Waals surface area (Å²) < 4.78 is 7.82. The Hall–Kier alpha value is -2.33. The third-order valence-corrected chi connectivity index (χ3v) is 7.62. The number of ether oxygens (including phenoxy) is 1. The molecule has 0 unspecified atom stereocenters. The average molecular weight is 548 g/mol. The highest BCUT2D eigenvalue weighted by atomic mass is 35.5. The van der Waals surface area contributed by atoms with E-state index in [-0.39, 0.29) is 19.0 Å². The second-order valence-corrected chi connectivity index (χ2v) is 10.5. The van der Waals surface area contributed by atoms with Gasteiger partial charge in [0, 0.05) is 30.6 Å². The highest BCUT2D eigenvalue weighted by molar-refractivity contribution is 6.35. The van der Waals surface area contributed by atoms with E-state index in [0.717, 1.165) is 22.0 Å². The van der Waals surface area contributed by atoms with E-state index in [0.29, 0.717) is 17.4 Å². The molecule has 2 aromatic carbocycles. The minimum absolute atomic E-state index is 0.0737. The van der Waals surface area contributed by atoms with Gasteiger partial charge in [-0.05, 0) is 54.0 Å². The summed E-state index contributed by atoms with van der Waals surface area (Å²) in [6, 6.07) is 13.7. The first kappa shape index (κ1) is 26.3. The molecule has 2 amide bonds. The largest absolute Gasteiger partial charge is 0.388 e. The van der Waals surface area contributed by atoms with Gasteiger partial charge in [0.15, 0.2) is 6.23 Å². The van der Waals surface area contributed by atoms with Gasteiger partial charge in [0.2, 0.25) is 0 Å². The molecule has 3 aromatic rings. The fourth-order valence-corrected chi connectivity index (χ4v) is 5.37. The molecule has 198 valence electrons. The van der Waals surface area contributed by atoms with Crippen LogP contribution in [0, 0.1) is 0 Å². The smallest absolute Gasteiger partial charge is 0.314 e. The number of nitrogens with zero attached hydrogens (tertiary/aromatic N) is 1. The number of halogens is 2. The van der Waals surface area contributed by atoms with Gasteiger partial charge in [-0.15, -0.1) is 11.6 Å². The van der Waals surface area contributed by atoms with E-state index in [1.165, 1.54) is 18.4 Å². The number of fused-ring (bicyclic) bond motifs is 1. The molecule has 10 heteroatoms. The van der Waals surface area contributed by atoms with Crippen LogP contribution in [0.1, 0.15) is 41.7 Å². The van der Waals surface area contributed by atoms with Crippen LogP contribution < -0.4 is 10.6 Å². The lowest BCUT2D eigenvalue weighted by Gasteiger charge is -2.41. The Kier molecular flexibility index (Phi) is 7.95. The number of hydrogen-bond acceptors (Lipinski definition) is 5. The number of aliphatic hydroxyl groups excluding tert-OH is 3. The summed E-state index contributed by atoms with van der Waals surface area (Å²) in [7, 11) is 0. The van der Waals surface area contributed by atoms with E-state index in [2.05, 4.69) is 34.9 Å². The second kappa shape index (κ2) is 11.2. The van der Waals surface area contributed by atoms with Gasteiger partial charge in [-0.3, -0.25) is 0 Å².